The van der Waals surface area contributed by atoms with Crippen LogP contribution in [-0.2, 0) is 0 Å². The lowest BCUT2D eigenvalue weighted by atomic mass is 10.2. The van der Waals surface area contributed by atoms with Crippen molar-refractivity contribution < 1.29 is 0 Å². The molecule has 5 nitrogen and oxygen atoms in total. The normalized spacial score (nSPS) is 10.3. The number of benzene rings is 1. The molecule has 0 atom stereocenters. The highest BCUT2D eigenvalue weighted by atomic mass is 35.5. The molecule has 1 heterocycles. The molecule has 0 fully saturated rings. The number of nitrogens with zero attached hydrogens (tertiary/aromatic N) is 2. The van der Waals surface area contributed by atoms with Crippen LogP contribution in [0.5, 0.6) is 0 Å². The van der Waals surface area contributed by atoms with E-state index in [-0.39, 0.29) is 5.95 Å². The zero-order valence-corrected chi connectivity index (χ0v) is 8.84. The highest BCUT2D eigenvalue weighted by Gasteiger charge is 2.02. The van der Waals surface area contributed by atoms with Crippen molar-refractivity contribution in [2.75, 3.05) is 11.1 Å². The zero-order chi connectivity index (χ0) is 10.8. The summed E-state index contributed by atoms with van der Waals surface area (Å²) in [5, 5.41) is 10.1. The van der Waals surface area contributed by atoms with E-state index in [1.807, 2.05) is 25.1 Å². The van der Waals surface area contributed by atoms with Crippen LogP contribution in [0.1, 0.15) is 5.56 Å². The van der Waals surface area contributed by atoms with E-state index in [1.54, 1.807) is 0 Å². The van der Waals surface area contributed by atoms with Crippen molar-refractivity contribution in [1.29, 1.82) is 0 Å². The number of nitrogen functional groups attached to an aromatic ring is 1. The van der Waals surface area contributed by atoms with Gasteiger partial charge in [0, 0.05) is 10.7 Å². The third-order valence-corrected chi connectivity index (χ3v) is 2.34. The maximum Gasteiger partial charge on any atom is 0.248 e. The summed E-state index contributed by atoms with van der Waals surface area (Å²) < 4.78 is 0. The molecule has 0 aliphatic heterocycles. The first-order chi connectivity index (χ1) is 7.15. The fraction of sp³-hybridized carbons (Fsp3) is 0.111. The van der Waals surface area contributed by atoms with Crippen LogP contribution in [0, 0.1) is 6.92 Å². The van der Waals surface area contributed by atoms with E-state index in [1.165, 1.54) is 0 Å². The molecular weight excluding hydrogens is 214 g/mol. The highest BCUT2D eigenvalue weighted by Crippen LogP contribution is 2.21. The van der Waals surface area contributed by atoms with Gasteiger partial charge in [0.25, 0.3) is 0 Å². The fourth-order valence-corrected chi connectivity index (χ4v) is 1.31. The zero-order valence-electron chi connectivity index (χ0n) is 8.08. The first-order valence-corrected chi connectivity index (χ1v) is 4.74. The number of aromatic nitrogens is 3. The Morgan fingerprint density at radius 3 is 2.87 bits per heavy atom. The van der Waals surface area contributed by atoms with Gasteiger partial charge in [0.15, 0.2) is 0 Å². The van der Waals surface area contributed by atoms with Crippen LogP contribution in [0.3, 0.4) is 0 Å². The lowest BCUT2D eigenvalue weighted by molar-refractivity contribution is 1.10. The van der Waals surface area contributed by atoms with Crippen LogP contribution in [0.2, 0.25) is 5.02 Å². The van der Waals surface area contributed by atoms with Crippen molar-refractivity contribution in [3.63, 3.8) is 0 Å². The molecule has 0 amide bonds. The molecule has 0 bridgehead atoms. The molecule has 0 radical (unpaired) electrons. The second-order valence-corrected chi connectivity index (χ2v) is 3.54. The summed E-state index contributed by atoms with van der Waals surface area (Å²) in [7, 11) is 0. The van der Waals surface area contributed by atoms with Crippen LogP contribution < -0.4 is 11.1 Å². The van der Waals surface area contributed by atoms with Gasteiger partial charge in [0.2, 0.25) is 11.9 Å². The Hall–Kier alpha value is -1.75. The number of H-pyrrole nitrogens is 1. The van der Waals surface area contributed by atoms with Crippen molar-refractivity contribution in [3.05, 3.63) is 28.8 Å². The number of aromatic amines is 1. The number of halogens is 1. The molecule has 2 aromatic rings. The third kappa shape index (κ3) is 2.19. The summed E-state index contributed by atoms with van der Waals surface area (Å²) in [6.45, 7) is 1.94. The van der Waals surface area contributed by atoms with E-state index in [0.717, 1.165) is 11.3 Å². The summed E-state index contributed by atoms with van der Waals surface area (Å²) in [5.41, 5.74) is 7.24. The molecule has 0 saturated heterocycles. The number of hydrogen-bond acceptors (Lipinski definition) is 4. The van der Waals surface area contributed by atoms with Gasteiger partial charge in [-0.3, -0.25) is 0 Å². The molecule has 0 saturated carbocycles. The topological polar surface area (TPSA) is 79.6 Å². The SMILES string of the molecule is Cc1ccc(Nc2n[nH]c(N)n2)cc1Cl. The Kier molecular flexibility index (Phi) is 2.47. The van der Waals surface area contributed by atoms with E-state index in [2.05, 4.69) is 20.5 Å². The molecule has 4 N–H and O–H groups in total. The molecule has 15 heavy (non-hydrogen) atoms. The van der Waals surface area contributed by atoms with E-state index in [9.17, 15) is 0 Å². The number of rotatable bonds is 2. The van der Waals surface area contributed by atoms with Crippen molar-refractivity contribution in [2.45, 2.75) is 6.92 Å². The van der Waals surface area contributed by atoms with Crippen LogP contribution in [-0.4, -0.2) is 15.2 Å². The van der Waals surface area contributed by atoms with E-state index in [0.29, 0.717) is 11.0 Å². The Labute approximate surface area is 91.7 Å². The van der Waals surface area contributed by atoms with Gasteiger partial charge in [-0.1, -0.05) is 17.7 Å². The Morgan fingerprint density at radius 2 is 2.27 bits per heavy atom. The van der Waals surface area contributed by atoms with Gasteiger partial charge < -0.3 is 11.1 Å². The largest absolute Gasteiger partial charge is 0.368 e. The van der Waals surface area contributed by atoms with Crippen LogP contribution in [0.4, 0.5) is 17.6 Å². The summed E-state index contributed by atoms with van der Waals surface area (Å²) in [6.07, 6.45) is 0. The van der Waals surface area contributed by atoms with Gasteiger partial charge in [-0.05, 0) is 24.6 Å². The van der Waals surface area contributed by atoms with Gasteiger partial charge in [-0.2, -0.15) is 4.98 Å². The van der Waals surface area contributed by atoms with Crippen molar-refractivity contribution >= 4 is 29.2 Å². The average molecular weight is 224 g/mol. The van der Waals surface area contributed by atoms with Crippen molar-refractivity contribution in [2.24, 2.45) is 0 Å². The summed E-state index contributed by atoms with van der Waals surface area (Å²) in [6, 6.07) is 5.62. The van der Waals surface area contributed by atoms with Crippen LogP contribution in [0.15, 0.2) is 18.2 Å². The van der Waals surface area contributed by atoms with Gasteiger partial charge >= 0.3 is 0 Å². The number of anilines is 3. The van der Waals surface area contributed by atoms with Crippen molar-refractivity contribution in [3.8, 4) is 0 Å². The minimum atomic E-state index is 0.274. The standard InChI is InChI=1S/C9H10ClN5/c1-5-2-3-6(4-7(5)10)12-9-13-8(11)14-15-9/h2-4H,1H3,(H4,11,12,13,14,15). The molecule has 6 heteroatoms. The average Bonchev–Trinajstić information content (AvgIpc) is 2.58. The van der Waals surface area contributed by atoms with Gasteiger partial charge in [-0.25, -0.2) is 5.10 Å². The molecule has 78 valence electrons. The third-order valence-electron chi connectivity index (χ3n) is 1.93. The Morgan fingerprint density at radius 1 is 1.47 bits per heavy atom. The monoisotopic (exact) mass is 223 g/mol. The maximum absolute atomic E-state index is 5.97. The maximum atomic E-state index is 5.97. The lowest BCUT2D eigenvalue weighted by Crippen LogP contribution is -1.93. The quantitative estimate of drug-likeness (QED) is 0.728. The first kappa shape index (κ1) is 9.79. The summed E-state index contributed by atoms with van der Waals surface area (Å²) in [5.74, 6) is 0.697. The predicted molar refractivity (Wildman–Crippen MR) is 60.3 cm³/mol. The Bertz CT molecular complexity index is 479. The second kappa shape index (κ2) is 3.78. The molecule has 0 spiro atoms. The molecule has 1 aromatic carbocycles. The highest BCUT2D eigenvalue weighted by molar-refractivity contribution is 6.31. The molecule has 0 aliphatic rings. The minimum Gasteiger partial charge on any atom is -0.368 e. The number of hydrogen-bond donors (Lipinski definition) is 3. The van der Waals surface area contributed by atoms with Crippen molar-refractivity contribution in [1.82, 2.24) is 15.2 Å². The Balaban J connectivity index is 2.21. The first-order valence-electron chi connectivity index (χ1n) is 4.36. The molecule has 1 aromatic heterocycles. The molecule has 0 unspecified atom stereocenters. The molecule has 2 rings (SSSR count). The number of nitrogens with one attached hydrogen (secondary N) is 2. The molecule has 0 aliphatic carbocycles. The van der Waals surface area contributed by atoms with Crippen LogP contribution in [0.25, 0.3) is 0 Å². The number of nitrogens with two attached hydrogens (primary N) is 1. The number of aryl methyl sites for hydroxylation is 1. The lowest BCUT2D eigenvalue weighted by Gasteiger charge is -2.03. The van der Waals surface area contributed by atoms with Gasteiger partial charge in [0.1, 0.15) is 0 Å². The summed E-state index contributed by atoms with van der Waals surface area (Å²) >= 11 is 5.97. The van der Waals surface area contributed by atoms with E-state index < -0.39 is 0 Å². The van der Waals surface area contributed by atoms with E-state index in [4.69, 9.17) is 17.3 Å². The van der Waals surface area contributed by atoms with Gasteiger partial charge in [0.05, 0.1) is 0 Å². The van der Waals surface area contributed by atoms with Crippen LogP contribution >= 0.6 is 11.6 Å². The summed E-state index contributed by atoms with van der Waals surface area (Å²) in [4.78, 5) is 3.91. The van der Waals surface area contributed by atoms with E-state index >= 15 is 0 Å². The minimum absolute atomic E-state index is 0.274. The second-order valence-electron chi connectivity index (χ2n) is 3.13. The van der Waals surface area contributed by atoms with Gasteiger partial charge in [-0.15, -0.1) is 5.10 Å². The smallest absolute Gasteiger partial charge is 0.248 e. The predicted octanol–water partition coefficient (Wildman–Crippen LogP) is 2.09. The fourth-order valence-electron chi connectivity index (χ4n) is 1.13. The molecular formula is C9H10ClN5.